The molecule has 7 nitrogen and oxygen atoms in total. The lowest BCUT2D eigenvalue weighted by Gasteiger charge is -2.26. The zero-order chi connectivity index (χ0) is 22.2. The van der Waals surface area contributed by atoms with Gasteiger partial charge >= 0.3 is 0 Å². The van der Waals surface area contributed by atoms with Gasteiger partial charge in [-0.15, -0.1) is 0 Å². The van der Waals surface area contributed by atoms with Crippen molar-refractivity contribution in [2.24, 2.45) is 0 Å². The Morgan fingerprint density at radius 3 is 2.32 bits per heavy atom. The van der Waals surface area contributed by atoms with Crippen LogP contribution in [-0.4, -0.2) is 43.7 Å². The van der Waals surface area contributed by atoms with Crippen LogP contribution >= 0.6 is 11.6 Å². The number of benzene rings is 2. The molecule has 1 atom stereocenters. The fraction of sp³-hybridized carbons (Fsp3) is 0.364. The summed E-state index contributed by atoms with van der Waals surface area (Å²) in [5.41, 5.74) is 1.88. The van der Waals surface area contributed by atoms with Crippen molar-refractivity contribution in [3.63, 3.8) is 0 Å². The highest BCUT2D eigenvalue weighted by Gasteiger charge is 2.39. The third-order valence-corrected chi connectivity index (χ3v) is 8.03. The predicted molar refractivity (Wildman–Crippen MR) is 120 cm³/mol. The molecule has 164 valence electrons. The molecule has 2 saturated heterocycles. The van der Waals surface area contributed by atoms with Crippen LogP contribution in [0.15, 0.2) is 47.4 Å². The summed E-state index contributed by atoms with van der Waals surface area (Å²) < 4.78 is 27.1. The Bertz CT molecular complexity index is 1110. The molecule has 9 heteroatoms. The topological polar surface area (TPSA) is 86.8 Å². The van der Waals surface area contributed by atoms with Gasteiger partial charge in [-0.25, -0.2) is 13.3 Å². The number of carbonyl (C=O) groups is 2. The highest BCUT2D eigenvalue weighted by Crippen LogP contribution is 2.29. The van der Waals surface area contributed by atoms with Crippen LogP contribution in [0.3, 0.4) is 0 Å². The summed E-state index contributed by atoms with van der Waals surface area (Å²) in [5.74, 6) is -0.679. The van der Waals surface area contributed by atoms with Crippen LogP contribution in [0.2, 0.25) is 5.02 Å². The molecular weight excluding hydrogens is 438 g/mol. The molecule has 0 radical (unpaired) electrons. The van der Waals surface area contributed by atoms with E-state index in [1.807, 2.05) is 6.92 Å². The number of amides is 2. The van der Waals surface area contributed by atoms with E-state index >= 15 is 0 Å². The fourth-order valence-electron chi connectivity index (χ4n) is 3.92. The molecule has 1 N–H and O–H groups in total. The van der Waals surface area contributed by atoms with Gasteiger partial charge in [-0.1, -0.05) is 24.1 Å². The molecule has 2 amide bonds. The van der Waals surface area contributed by atoms with E-state index in [0.717, 1.165) is 29.7 Å². The first-order chi connectivity index (χ1) is 14.8. The molecule has 31 heavy (non-hydrogen) atoms. The van der Waals surface area contributed by atoms with Gasteiger partial charge in [0.2, 0.25) is 15.9 Å². The first-order valence-corrected chi connectivity index (χ1v) is 12.1. The number of sulfonamides is 1. The van der Waals surface area contributed by atoms with Gasteiger partial charge < -0.3 is 5.32 Å². The van der Waals surface area contributed by atoms with E-state index in [0.29, 0.717) is 29.5 Å². The number of hydrogen-bond acceptors (Lipinski definition) is 5. The van der Waals surface area contributed by atoms with Crippen LogP contribution in [-0.2, 0) is 19.6 Å². The van der Waals surface area contributed by atoms with Gasteiger partial charge in [-0.05, 0) is 61.7 Å². The number of nitrogens with zero attached hydrogens (tertiary/aromatic N) is 2. The summed E-state index contributed by atoms with van der Waals surface area (Å²) in [6.45, 7) is 2.93. The molecule has 2 aromatic rings. The molecule has 2 aliphatic heterocycles. The van der Waals surface area contributed by atoms with Crippen LogP contribution < -0.4 is 10.2 Å². The second-order valence-electron chi connectivity index (χ2n) is 7.89. The lowest BCUT2D eigenvalue weighted by atomic mass is 10.2. The van der Waals surface area contributed by atoms with Gasteiger partial charge in [0.25, 0.3) is 5.91 Å². The van der Waals surface area contributed by atoms with E-state index < -0.39 is 16.1 Å². The predicted octanol–water partition coefficient (Wildman–Crippen LogP) is 3.57. The van der Waals surface area contributed by atoms with E-state index in [2.05, 4.69) is 5.32 Å². The average molecular weight is 462 g/mol. The Labute approximate surface area is 187 Å². The number of imide groups is 1. The highest BCUT2D eigenvalue weighted by atomic mass is 35.5. The normalized spacial score (nSPS) is 20.3. The maximum Gasteiger partial charge on any atom is 0.256 e. The van der Waals surface area contributed by atoms with Crippen molar-refractivity contribution >= 4 is 44.8 Å². The molecular formula is C22H24ClN3O4S. The molecule has 0 bridgehead atoms. The van der Waals surface area contributed by atoms with Gasteiger partial charge in [0, 0.05) is 23.8 Å². The summed E-state index contributed by atoms with van der Waals surface area (Å²) in [5, 5.41) is 3.54. The third-order valence-electron chi connectivity index (χ3n) is 5.71. The van der Waals surface area contributed by atoms with Gasteiger partial charge in [-0.2, -0.15) is 4.31 Å². The summed E-state index contributed by atoms with van der Waals surface area (Å²) in [6, 6.07) is 10.7. The van der Waals surface area contributed by atoms with Crippen molar-refractivity contribution in [2.45, 2.75) is 43.5 Å². The third kappa shape index (κ3) is 4.33. The summed E-state index contributed by atoms with van der Waals surface area (Å²) in [4.78, 5) is 26.7. The molecule has 4 rings (SSSR count). The molecule has 0 spiro atoms. The number of nitrogens with one attached hydrogen (secondary N) is 1. The van der Waals surface area contributed by atoms with Crippen molar-refractivity contribution in [1.82, 2.24) is 4.31 Å². The number of anilines is 2. The quantitative estimate of drug-likeness (QED) is 0.688. The second-order valence-corrected chi connectivity index (χ2v) is 10.2. The smallest absolute Gasteiger partial charge is 0.256 e. The number of rotatable bonds is 5. The molecule has 0 aromatic heterocycles. The Balaban J connectivity index is 1.47. The Morgan fingerprint density at radius 1 is 1.00 bits per heavy atom. The van der Waals surface area contributed by atoms with E-state index in [9.17, 15) is 18.0 Å². The van der Waals surface area contributed by atoms with Crippen LogP contribution in [0.4, 0.5) is 11.4 Å². The minimum Gasteiger partial charge on any atom is -0.373 e. The number of piperidine rings is 1. The second kappa shape index (κ2) is 8.61. The summed E-state index contributed by atoms with van der Waals surface area (Å²) in [6.07, 6.45) is 2.81. The lowest BCUT2D eigenvalue weighted by Crippen LogP contribution is -2.35. The Kier molecular flexibility index (Phi) is 6.05. The minimum atomic E-state index is -3.51. The van der Waals surface area contributed by atoms with Crippen LogP contribution in [0.5, 0.6) is 0 Å². The van der Waals surface area contributed by atoms with Crippen molar-refractivity contribution in [3.05, 3.63) is 53.1 Å². The van der Waals surface area contributed by atoms with Gasteiger partial charge in [0.1, 0.15) is 6.04 Å². The van der Waals surface area contributed by atoms with Crippen LogP contribution in [0, 0.1) is 6.92 Å². The molecule has 2 aliphatic rings. The maximum atomic E-state index is 12.8. The van der Waals surface area contributed by atoms with Crippen LogP contribution in [0.25, 0.3) is 0 Å². The van der Waals surface area contributed by atoms with Crippen molar-refractivity contribution in [1.29, 1.82) is 0 Å². The maximum absolute atomic E-state index is 12.8. The molecule has 2 fully saturated rings. The molecule has 0 saturated carbocycles. The van der Waals surface area contributed by atoms with Crippen molar-refractivity contribution < 1.29 is 18.0 Å². The molecule has 2 aromatic carbocycles. The van der Waals surface area contributed by atoms with E-state index in [1.54, 1.807) is 30.3 Å². The van der Waals surface area contributed by atoms with Crippen molar-refractivity contribution in [2.75, 3.05) is 23.3 Å². The van der Waals surface area contributed by atoms with E-state index in [-0.39, 0.29) is 23.1 Å². The standard InChI is InChI=1S/C22H24ClN3O4S/c1-15-5-8-17(13-19(15)23)26-21(27)14-20(22(26)28)24-16-6-9-18(10-7-16)31(29,30)25-11-3-2-4-12-25/h5-10,13,20,24H,2-4,11-12,14H2,1H3/t20-/m0/s1. The first-order valence-electron chi connectivity index (χ1n) is 10.3. The highest BCUT2D eigenvalue weighted by molar-refractivity contribution is 7.89. The summed E-state index contributed by atoms with van der Waals surface area (Å²) >= 11 is 6.14. The monoisotopic (exact) mass is 461 g/mol. The number of carbonyl (C=O) groups excluding carboxylic acids is 2. The summed E-state index contributed by atoms with van der Waals surface area (Å²) in [7, 11) is -3.51. The van der Waals surface area contributed by atoms with Gasteiger partial charge in [-0.3, -0.25) is 9.59 Å². The molecule has 0 unspecified atom stereocenters. The minimum absolute atomic E-state index is 0.0121. The first kappa shape index (κ1) is 21.8. The number of halogens is 1. The van der Waals surface area contributed by atoms with Crippen molar-refractivity contribution in [3.8, 4) is 0 Å². The largest absolute Gasteiger partial charge is 0.373 e. The van der Waals surface area contributed by atoms with Crippen LogP contribution in [0.1, 0.15) is 31.2 Å². The zero-order valence-electron chi connectivity index (χ0n) is 17.2. The van der Waals surface area contributed by atoms with Gasteiger partial charge in [0.05, 0.1) is 17.0 Å². The molecule has 2 heterocycles. The van der Waals surface area contributed by atoms with E-state index in [1.165, 1.54) is 16.4 Å². The number of hydrogen-bond donors (Lipinski definition) is 1. The SMILES string of the molecule is Cc1ccc(N2C(=O)C[C@H](Nc3ccc(S(=O)(=O)N4CCCCC4)cc3)C2=O)cc1Cl. The zero-order valence-corrected chi connectivity index (χ0v) is 18.7. The Hall–Kier alpha value is -2.42. The molecule has 0 aliphatic carbocycles. The Morgan fingerprint density at radius 2 is 1.68 bits per heavy atom. The van der Waals surface area contributed by atoms with E-state index in [4.69, 9.17) is 11.6 Å². The number of aryl methyl sites for hydroxylation is 1. The fourth-order valence-corrected chi connectivity index (χ4v) is 5.61. The lowest BCUT2D eigenvalue weighted by molar-refractivity contribution is -0.121. The average Bonchev–Trinajstić information content (AvgIpc) is 3.04. The van der Waals surface area contributed by atoms with Gasteiger partial charge in [0.15, 0.2) is 0 Å².